The summed E-state index contributed by atoms with van der Waals surface area (Å²) in [6.45, 7) is 2.94. The van der Waals surface area contributed by atoms with Crippen LogP contribution in [0.25, 0.3) is 0 Å². The third-order valence-electron chi connectivity index (χ3n) is 3.81. The topological polar surface area (TPSA) is 72.8 Å². The molecule has 0 aliphatic rings. The van der Waals surface area contributed by atoms with E-state index >= 15 is 0 Å². The summed E-state index contributed by atoms with van der Waals surface area (Å²) in [6, 6.07) is 18.6. The van der Waals surface area contributed by atoms with Gasteiger partial charge in [0.15, 0.2) is 0 Å². The fourth-order valence-electron chi connectivity index (χ4n) is 2.41. The Balaban J connectivity index is 1.41. The monoisotopic (exact) mass is 375 g/mol. The molecule has 0 atom stereocenters. The Kier molecular flexibility index (Phi) is 6.73. The van der Waals surface area contributed by atoms with Gasteiger partial charge < -0.3 is 9.47 Å². The number of benzene rings is 2. The van der Waals surface area contributed by atoms with Crippen LogP contribution in [0.5, 0.6) is 11.5 Å². The third-order valence-corrected chi connectivity index (χ3v) is 3.81. The minimum absolute atomic E-state index is 0.285. The van der Waals surface area contributed by atoms with Crippen molar-refractivity contribution >= 4 is 12.1 Å². The molecule has 6 heteroatoms. The number of nitrogens with one attached hydrogen (secondary N) is 1. The smallest absolute Gasteiger partial charge is 0.271 e. The molecule has 0 radical (unpaired) electrons. The Morgan fingerprint density at radius 2 is 1.71 bits per heavy atom. The molecule has 142 valence electrons. The van der Waals surface area contributed by atoms with Crippen molar-refractivity contribution in [2.75, 3.05) is 13.2 Å². The summed E-state index contributed by atoms with van der Waals surface area (Å²) < 4.78 is 11.3. The fourth-order valence-corrected chi connectivity index (χ4v) is 2.41. The molecule has 1 heterocycles. The van der Waals surface area contributed by atoms with Crippen molar-refractivity contribution in [3.8, 4) is 11.5 Å². The number of ether oxygens (including phenoxy) is 2. The highest BCUT2D eigenvalue weighted by molar-refractivity contribution is 5.94. The number of pyridine rings is 1. The molecule has 6 nitrogen and oxygen atoms in total. The van der Waals surface area contributed by atoms with E-state index in [-0.39, 0.29) is 5.91 Å². The summed E-state index contributed by atoms with van der Waals surface area (Å²) in [6.07, 6.45) is 4.69. The van der Waals surface area contributed by atoms with Crippen LogP contribution >= 0.6 is 0 Å². The third kappa shape index (κ3) is 5.95. The van der Waals surface area contributed by atoms with E-state index in [1.807, 2.05) is 55.5 Å². The lowest BCUT2D eigenvalue weighted by Crippen LogP contribution is -2.17. The second-order valence-corrected chi connectivity index (χ2v) is 6.02. The lowest BCUT2D eigenvalue weighted by molar-refractivity contribution is 0.0955. The van der Waals surface area contributed by atoms with Gasteiger partial charge in [-0.25, -0.2) is 5.43 Å². The number of carbonyl (C=O) groups is 1. The predicted octanol–water partition coefficient (Wildman–Crippen LogP) is 3.61. The number of hydrogen-bond donors (Lipinski definition) is 1. The van der Waals surface area contributed by atoms with Crippen molar-refractivity contribution in [2.24, 2.45) is 5.10 Å². The van der Waals surface area contributed by atoms with Crippen LogP contribution in [-0.2, 0) is 0 Å². The first-order chi connectivity index (χ1) is 13.7. The second kappa shape index (κ2) is 9.87. The number of hydrogen-bond acceptors (Lipinski definition) is 5. The van der Waals surface area contributed by atoms with Crippen molar-refractivity contribution in [2.45, 2.75) is 6.92 Å². The lowest BCUT2D eigenvalue weighted by atomic mass is 10.2. The molecule has 0 saturated carbocycles. The molecule has 0 aliphatic carbocycles. The van der Waals surface area contributed by atoms with E-state index in [2.05, 4.69) is 15.5 Å². The van der Waals surface area contributed by atoms with Gasteiger partial charge in [0.05, 0.1) is 6.21 Å². The maximum atomic E-state index is 11.9. The molecule has 0 aliphatic heterocycles. The average Bonchev–Trinajstić information content (AvgIpc) is 2.73. The summed E-state index contributed by atoms with van der Waals surface area (Å²) in [7, 11) is 0. The fraction of sp³-hybridized carbons (Fsp3) is 0.136. The zero-order valence-electron chi connectivity index (χ0n) is 15.5. The second-order valence-electron chi connectivity index (χ2n) is 6.02. The Hall–Kier alpha value is -3.67. The van der Waals surface area contributed by atoms with Gasteiger partial charge in [-0.2, -0.15) is 5.10 Å². The minimum atomic E-state index is -0.285. The largest absolute Gasteiger partial charge is 0.490 e. The van der Waals surface area contributed by atoms with Gasteiger partial charge in [0, 0.05) is 18.0 Å². The number of hydrazone groups is 1. The quantitative estimate of drug-likeness (QED) is 0.371. The molecule has 3 rings (SSSR count). The number of rotatable bonds is 8. The van der Waals surface area contributed by atoms with E-state index in [0.717, 1.165) is 22.6 Å². The molecular weight excluding hydrogens is 354 g/mol. The van der Waals surface area contributed by atoms with Crippen molar-refractivity contribution in [3.05, 3.63) is 89.7 Å². The number of nitrogens with zero attached hydrogens (tertiary/aromatic N) is 2. The summed E-state index contributed by atoms with van der Waals surface area (Å²) in [4.78, 5) is 15.7. The number of aromatic nitrogens is 1. The maximum Gasteiger partial charge on any atom is 0.271 e. The Morgan fingerprint density at radius 3 is 2.43 bits per heavy atom. The van der Waals surface area contributed by atoms with Crippen LogP contribution in [0.4, 0.5) is 0 Å². The van der Waals surface area contributed by atoms with Gasteiger partial charge in [-0.05, 0) is 66.6 Å². The molecule has 0 unspecified atom stereocenters. The van der Waals surface area contributed by atoms with Crippen LogP contribution in [0.3, 0.4) is 0 Å². The van der Waals surface area contributed by atoms with Crippen LogP contribution < -0.4 is 14.9 Å². The van der Waals surface area contributed by atoms with Gasteiger partial charge in [-0.15, -0.1) is 0 Å². The van der Waals surface area contributed by atoms with Crippen molar-refractivity contribution in [1.29, 1.82) is 0 Å². The van der Waals surface area contributed by atoms with Crippen molar-refractivity contribution in [3.63, 3.8) is 0 Å². The minimum Gasteiger partial charge on any atom is -0.490 e. The highest BCUT2D eigenvalue weighted by Gasteiger charge is 2.02. The Bertz CT molecular complexity index is 925. The van der Waals surface area contributed by atoms with Gasteiger partial charge in [-0.3, -0.25) is 9.78 Å². The summed E-state index contributed by atoms with van der Waals surface area (Å²) in [5.74, 6) is 1.29. The zero-order valence-corrected chi connectivity index (χ0v) is 15.5. The molecule has 1 N–H and O–H groups in total. The molecule has 0 spiro atoms. The summed E-state index contributed by atoms with van der Waals surface area (Å²) in [5, 5.41) is 3.96. The standard InChI is InChI=1S/C22H21N3O3/c1-17-3-2-4-21(15-17)28-14-13-27-20-7-5-18(6-8-20)16-24-25-22(26)19-9-11-23-12-10-19/h2-12,15-16H,13-14H2,1H3,(H,25,26)/b24-16+. The Morgan fingerprint density at radius 1 is 1.00 bits per heavy atom. The van der Waals surface area contributed by atoms with E-state index in [0.29, 0.717) is 18.8 Å². The number of aryl methyl sites for hydroxylation is 1. The molecule has 3 aromatic rings. The van der Waals surface area contributed by atoms with E-state index in [9.17, 15) is 4.79 Å². The highest BCUT2D eigenvalue weighted by Crippen LogP contribution is 2.13. The van der Waals surface area contributed by atoms with Crippen LogP contribution in [-0.4, -0.2) is 30.3 Å². The molecule has 28 heavy (non-hydrogen) atoms. The van der Waals surface area contributed by atoms with Gasteiger partial charge in [0.1, 0.15) is 24.7 Å². The molecule has 2 aromatic carbocycles. The van der Waals surface area contributed by atoms with E-state index in [1.54, 1.807) is 30.7 Å². The summed E-state index contributed by atoms with van der Waals surface area (Å²) >= 11 is 0. The molecule has 0 fully saturated rings. The first-order valence-corrected chi connectivity index (χ1v) is 8.86. The SMILES string of the molecule is Cc1cccc(OCCOc2ccc(/C=N/NC(=O)c3ccncc3)cc2)c1. The Labute approximate surface area is 163 Å². The average molecular weight is 375 g/mol. The molecule has 1 amide bonds. The number of carbonyl (C=O) groups excluding carboxylic acids is 1. The van der Waals surface area contributed by atoms with E-state index in [1.165, 1.54) is 0 Å². The number of amides is 1. The van der Waals surface area contributed by atoms with E-state index < -0.39 is 0 Å². The van der Waals surface area contributed by atoms with Crippen molar-refractivity contribution in [1.82, 2.24) is 10.4 Å². The molecule has 1 aromatic heterocycles. The van der Waals surface area contributed by atoms with Crippen LogP contribution in [0.15, 0.2) is 78.2 Å². The first-order valence-electron chi connectivity index (χ1n) is 8.86. The molecule has 0 bridgehead atoms. The van der Waals surface area contributed by atoms with Gasteiger partial charge in [0.25, 0.3) is 5.91 Å². The highest BCUT2D eigenvalue weighted by atomic mass is 16.5. The van der Waals surface area contributed by atoms with Crippen molar-refractivity contribution < 1.29 is 14.3 Å². The van der Waals surface area contributed by atoms with Crippen LogP contribution in [0, 0.1) is 6.92 Å². The van der Waals surface area contributed by atoms with Gasteiger partial charge in [-0.1, -0.05) is 12.1 Å². The van der Waals surface area contributed by atoms with Gasteiger partial charge >= 0.3 is 0 Å². The summed E-state index contributed by atoms with van der Waals surface area (Å²) in [5.41, 5.74) is 4.99. The van der Waals surface area contributed by atoms with Gasteiger partial charge in [0.2, 0.25) is 0 Å². The van der Waals surface area contributed by atoms with E-state index in [4.69, 9.17) is 9.47 Å². The zero-order chi connectivity index (χ0) is 19.6. The maximum absolute atomic E-state index is 11.9. The molecule has 0 saturated heterocycles. The normalized spacial score (nSPS) is 10.6. The first kappa shape index (κ1) is 19.1. The van der Waals surface area contributed by atoms with Crippen LogP contribution in [0.2, 0.25) is 0 Å². The lowest BCUT2D eigenvalue weighted by Gasteiger charge is -2.09. The predicted molar refractivity (Wildman–Crippen MR) is 108 cm³/mol. The van der Waals surface area contributed by atoms with Crippen LogP contribution in [0.1, 0.15) is 21.5 Å². The molecular formula is C22H21N3O3.